The van der Waals surface area contributed by atoms with Crippen LogP contribution in [0.4, 0.5) is 8.78 Å². The van der Waals surface area contributed by atoms with Crippen molar-refractivity contribution in [3.05, 3.63) is 51.7 Å². The van der Waals surface area contributed by atoms with Crippen LogP contribution in [0.5, 0.6) is 5.75 Å². The number of thiophene rings is 1. The summed E-state index contributed by atoms with van der Waals surface area (Å²) in [5.74, 6) is -1.87. The van der Waals surface area contributed by atoms with Crippen LogP contribution in [-0.2, 0) is 6.54 Å². The number of aryl methyl sites for hydroxylation is 1. The van der Waals surface area contributed by atoms with Crippen LogP contribution >= 0.6 is 11.3 Å². The Balaban J connectivity index is 1.72. The minimum absolute atomic E-state index is 0.0471. The summed E-state index contributed by atoms with van der Waals surface area (Å²) in [7, 11) is 0. The van der Waals surface area contributed by atoms with Crippen molar-refractivity contribution >= 4 is 11.3 Å². The maximum absolute atomic E-state index is 13.3. The lowest BCUT2D eigenvalue weighted by molar-refractivity contribution is 0.293. The van der Waals surface area contributed by atoms with E-state index in [2.05, 4.69) is 18.3 Å². The molecule has 1 N–H and O–H groups in total. The topological polar surface area (TPSA) is 21.3 Å². The highest BCUT2D eigenvalue weighted by Gasteiger charge is 2.08. The monoisotopic (exact) mass is 283 g/mol. The minimum Gasteiger partial charge on any atom is -0.489 e. The van der Waals surface area contributed by atoms with Gasteiger partial charge in [-0.15, -0.1) is 11.3 Å². The van der Waals surface area contributed by atoms with Gasteiger partial charge in [0.25, 0.3) is 0 Å². The summed E-state index contributed by atoms with van der Waals surface area (Å²) in [6.45, 7) is 3.70. The van der Waals surface area contributed by atoms with Crippen LogP contribution in [0, 0.1) is 18.6 Å². The standard InChI is InChI=1S/C14H15F2NOS/c1-10-5-8-19-13(10)9-17-6-7-18-12-4-2-3-11(15)14(12)16/h2-5,8,17H,6-7,9H2,1H3. The molecular weight excluding hydrogens is 268 g/mol. The van der Waals surface area contributed by atoms with E-state index in [0.29, 0.717) is 13.2 Å². The molecule has 0 fully saturated rings. The third-order valence-electron chi connectivity index (χ3n) is 2.71. The number of ether oxygens (including phenoxy) is 1. The second-order valence-electron chi connectivity index (χ2n) is 4.10. The zero-order valence-electron chi connectivity index (χ0n) is 10.6. The number of hydrogen-bond acceptors (Lipinski definition) is 3. The molecule has 0 radical (unpaired) electrons. The van der Waals surface area contributed by atoms with E-state index in [1.807, 2.05) is 5.38 Å². The molecule has 0 unspecified atom stereocenters. The molecule has 0 aliphatic rings. The quantitative estimate of drug-likeness (QED) is 0.819. The van der Waals surface area contributed by atoms with Gasteiger partial charge in [-0.3, -0.25) is 0 Å². The molecule has 1 aromatic carbocycles. The van der Waals surface area contributed by atoms with Gasteiger partial charge >= 0.3 is 0 Å². The van der Waals surface area contributed by atoms with Gasteiger partial charge in [0.2, 0.25) is 5.82 Å². The van der Waals surface area contributed by atoms with Crippen LogP contribution in [0.25, 0.3) is 0 Å². The molecule has 2 nitrogen and oxygen atoms in total. The van der Waals surface area contributed by atoms with E-state index >= 15 is 0 Å². The molecule has 1 aromatic heterocycles. The first-order valence-corrected chi connectivity index (χ1v) is 6.87. The van der Waals surface area contributed by atoms with Crippen LogP contribution < -0.4 is 10.1 Å². The highest BCUT2D eigenvalue weighted by molar-refractivity contribution is 7.10. The van der Waals surface area contributed by atoms with Crippen LogP contribution in [0.15, 0.2) is 29.6 Å². The maximum atomic E-state index is 13.3. The number of nitrogens with one attached hydrogen (secondary N) is 1. The molecule has 19 heavy (non-hydrogen) atoms. The fourth-order valence-corrected chi connectivity index (χ4v) is 2.49. The van der Waals surface area contributed by atoms with Crippen LogP contribution in [0.3, 0.4) is 0 Å². The molecule has 0 bridgehead atoms. The largest absolute Gasteiger partial charge is 0.489 e. The Kier molecular flexibility index (Phi) is 4.87. The Morgan fingerprint density at radius 2 is 2.11 bits per heavy atom. The molecular formula is C14H15F2NOS. The normalized spacial score (nSPS) is 10.7. The van der Waals surface area contributed by atoms with E-state index in [0.717, 1.165) is 12.6 Å². The number of halogens is 2. The van der Waals surface area contributed by atoms with Gasteiger partial charge in [-0.1, -0.05) is 6.07 Å². The van der Waals surface area contributed by atoms with Gasteiger partial charge in [0.1, 0.15) is 6.61 Å². The summed E-state index contributed by atoms with van der Waals surface area (Å²) in [4.78, 5) is 1.27. The smallest absolute Gasteiger partial charge is 0.200 e. The fourth-order valence-electron chi connectivity index (χ4n) is 1.62. The third kappa shape index (κ3) is 3.75. The second kappa shape index (κ2) is 6.63. The number of benzene rings is 1. The summed E-state index contributed by atoms with van der Waals surface area (Å²) >= 11 is 1.70. The minimum atomic E-state index is -0.934. The van der Waals surface area contributed by atoms with E-state index in [-0.39, 0.29) is 5.75 Å². The summed E-state index contributed by atoms with van der Waals surface area (Å²) in [6, 6.07) is 5.98. The molecule has 0 spiro atoms. The molecule has 0 amide bonds. The van der Waals surface area contributed by atoms with Crippen molar-refractivity contribution in [2.45, 2.75) is 13.5 Å². The molecule has 0 saturated carbocycles. The predicted octanol–water partition coefficient (Wildman–Crippen LogP) is 3.50. The highest BCUT2D eigenvalue weighted by Crippen LogP contribution is 2.18. The van der Waals surface area contributed by atoms with Gasteiger partial charge in [-0.25, -0.2) is 4.39 Å². The van der Waals surface area contributed by atoms with Gasteiger partial charge in [-0.2, -0.15) is 4.39 Å². The SMILES string of the molecule is Cc1ccsc1CNCCOc1cccc(F)c1F. The van der Waals surface area contributed by atoms with Crippen molar-refractivity contribution in [2.24, 2.45) is 0 Å². The Hall–Kier alpha value is -1.46. The Morgan fingerprint density at radius 3 is 2.84 bits per heavy atom. The van der Waals surface area contributed by atoms with E-state index in [9.17, 15) is 8.78 Å². The molecule has 5 heteroatoms. The first-order chi connectivity index (χ1) is 9.18. The van der Waals surface area contributed by atoms with Crippen molar-refractivity contribution in [3.63, 3.8) is 0 Å². The van der Waals surface area contributed by atoms with Crippen molar-refractivity contribution in [2.75, 3.05) is 13.2 Å². The van der Waals surface area contributed by atoms with Crippen LogP contribution in [0.1, 0.15) is 10.4 Å². The van der Waals surface area contributed by atoms with Crippen molar-refractivity contribution in [1.82, 2.24) is 5.32 Å². The van der Waals surface area contributed by atoms with E-state index < -0.39 is 11.6 Å². The first-order valence-electron chi connectivity index (χ1n) is 5.99. The second-order valence-corrected chi connectivity index (χ2v) is 5.10. The number of rotatable bonds is 6. The zero-order chi connectivity index (χ0) is 13.7. The maximum Gasteiger partial charge on any atom is 0.200 e. The summed E-state index contributed by atoms with van der Waals surface area (Å²) in [6.07, 6.45) is 0. The Labute approximate surface area is 115 Å². The molecule has 1 heterocycles. The molecule has 0 aliphatic carbocycles. The molecule has 2 aromatic rings. The fraction of sp³-hybridized carbons (Fsp3) is 0.286. The van der Waals surface area contributed by atoms with E-state index in [4.69, 9.17) is 4.74 Å². The third-order valence-corrected chi connectivity index (χ3v) is 3.73. The predicted molar refractivity (Wildman–Crippen MR) is 72.6 cm³/mol. The molecule has 2 rings (SSSR count). The van der Waals surface area contributed by atoms with Crippen molar-refractivity contribution < 1.29 is 13.5 Å². The van der Waals surface area contributed by atoms with Gasteiger partial charge in [0.05, 0.1) is 0 Å². The lowest BCUT2D eigenvalue weighted by Gasteiger charge is -2.08. The zero-order valence-corrected chi connectivity index (χ0v) is 11.4. The van der Waals surface area contributed by atoms with Crippen LogP contribution in [0.2, 0.25) is 0 Å². The van der Waals surface area contributed by atoms with Crippen molar-refractivity contribution in [3.8, 4) is 5.75 Å². The van der Waals surface area contributed by atoms with Gasteiger partial charge in [0, 0.05) is 18.0 Å². The van der Waals surface area contributed by atoms with Crippen molar-refractivity contribution in [1.29, 1.82) is 0 Å². The van der Waals surface area contributed by atoms with E-state index in [1.54, 1.807) is 11.3 Å². The molecule has 0 saturated heterocycles. The first kappa shape index (κ1) is 14.0. The summed E-state index contributed by atoms with van der Waals surface area (Å²) < 4.78 is 31.4. The lowest BCUT2D eigenvalue weighted by Crippen LogP contribution is -2.20. The Bertz CT molecular complexity index is 542. The lowest BCUT2D eigenvalue weighted by atomic mass is 10.3. The molecule has 102 valence electrons. The molecule has 0 aliphatic heterocycles. The van der Waals surface area contributed by atoms with Gasteiger partial charge < -0.3 is 10.1 Å². The van der Waals surface area contributed by atoms with Gasteiger partial charge in [-0.05, 0) is 36.1 Å². The van der Waals surface area contributed by atoms with Crippen LogP contribution in [-0.4, -0.2) is 13.2 Å². The summed E-state index contributed by atoms with van der Waals surface area (Å²) in [5.41, 5.74) is 1.26. The van der Waals surface area contributed by atoms with E-state index in [1.165, 1.54) is 22.6 Å². The average Bonchev–Trinajstić information content (AvgIpc) is 2.80. The Morgan fingerprint density at radius 1 is 1.26 bits per heavy atom. The number of hydrogen-bond donors (Lipinski definition) is 1. The molecule has 0 atom stereocenters. The average molecular weight is 283 g/mol. The highest BCUT2D eigenvalue weighted by atomic mass is 32.1. The van der Waals surface area contributed by atoms with Gasteiger partial charge in [0.15, 0.2) is 11.6 Å². The summed E-state index contributed by atoms with van der Waals surface area (Å²) in [5, 5.41) is 5.25.